The van der Waals surface area contributed by atoms with Gasteiger partial charge in [-0.3, -0.25) is 4.40 Å². The minimum absolute atomic E-state index is 0. The van der Waals surface area contributed by atoms with Gasteiger partial charge in [-0.15, -0.1) is 28.3 Å². The maximum absolute atomic E-state index is 5.34. The van der Waals surface area contributed by atoms with Crippen molar-refractivity contribution in [1.29, 1.82) is 0 Å². The van der Waals surface area contributed by atoms with E-state index in [9.17, 15) is 0 Å². The molecule has 1 N–H and O–H groups in total. The average Bonchev–Trinajstić information content (AvgIpc) is 3.24. The van der Waals surface area contributed by atoms with E-state index in [-0.39, 0.29) is 17.0 Å². The highest BCUT2D eigenvalue weighted by atomic mass is 79.9. The van der Waals surface area contributed by atoms with Gasteiger partial charge in [0.1, 0.15) is 5.69 Å². The number of rotatable bonds is 5. The molecule has 0 bridgehead atoms. The molecule has 4 aromatic rings. The number of hydrogen-bond donors (Lipinski definition) is 1. The van der Waals surface area contributed by atoms with Crippen molar-refractivity contribution in [3.8, 4) is 22.9 Å². The smallest absolute Gasteiger partial charge is 0.234 e. The van der Waals surface area contributed by atoms with Gasteiger partial charge in [0.25, 0.3) is 0 Å². The van der Waals surface area contributed by atoms with Crippen molar-refractivity contribution in [2.45, 2.75) is 6.92 Å². The van der Waals surface area contributed by atoms with Crippen LogP contribution in [0.3, 0.4) is 0 Å². The van der Waals surface area contributed by atoms with Gasteiger partial charge in [0, 0.05) is 29.5 Å². The van der Waals surface area contributed by atoms with Crippen LogP contribution in [0.5, 0.6) is 11.5 Å². The van der Waals surface area contributed by atoms with Crippen LogP contribution >= 0.6 is 28.3 Å². The number of hydrogen-bond acceptors (Lipinski definition) is 7. The van der Waals surface area contributed by atoms with Crippen molar-refractivity contribution in [3.63, 3.8) is 0 Å². The van der Waals surface area contributed by atoms with Crippen molar-refractivity contribution in [2.24, 2.45) is 0 Å². The second-order valence-corrected chi connectivity index (χ2v) is 6.43. The fourth-order valence-corrected chi connectivity index (χ4v) is 3.50. The van der Waals surface area contributed by atoms with Crippen LogP contribution in [0.2, 0.25) is 0 Å². The first-order valence-electron chi connectivity index (χ1n) is 7.94. The van der Waals surface area contributed by atoms with E-state index < -0.39 is 0 Å². The Hall–Kier alpha value is -2.65. The van der Waals surface area contributed by atoms with Crippen LogP contribution in [0.15, 0.2) is 42.0 Å². The summed E-state index contributed by atoms with van der Waals surface area (Å²) in [4.78, 5) is 13.5. The summed E-state index contributed by atoms with van der Waals surface area (Å²) < 4.78 is 12.6. The van der Waals surface area contributed by atoms with Crippen LogP contribution in [-0.4, -0.2) is 33.6 Å². The zero-order valence-corrected chi connectivity index (χ0v) is 17.5. The average molecular weight is 448 g/mol. The molecule has 4 rings (SSSR count). The number of aromatic nitrogens is 4. The van der Waals surface area contributed by atoms with Crippen molar-refractivity contribution >= 4 is 44.9 Å². The molecular weight excluding hydrogens is 430 g/mol. The Morgan fingerprint density at radius 2 is 1.93 bits per heavy atom. The van der Waals surface area contributed by atoms with E-state index in [0.29, 0.717) is 17.3 Å². The molecule has 1 aromatic carbocycles. The Balaban J connectivity index is 0.00000210. The molecule has 0 amide bonds. The molecule has 7 nitrogen and oxygen atoms in total. The van der Waals surface area contributed by atoms with Gasteiger partial charge in [-0.1, -0.05) is 0 Å². The summed E-state index contributed by atoms with van der Waals surface area (Å²) in [6, 6.07) is 7.54. The van der Waals surface area contributed by atoms with E-state index in [1.54, 1.807) is 20.4 Å². The second-order valence-electron chi connectivity index (χ2n) is 5.57. The molecule has 0 spiro atoms. The molecule has 0 fully saturated rings. The Labute approximate surface area is 170 Å². The SMILES string of the molecule is Br.COc1ccc(Nc2nc(-c3c(C)nc4ncccn34)cs2)cc1OC. The van der Waals surface area contributed by atoms with Crippen molar-refractivity contribution < 1.29 is 9.47 Å². The number of imidazole rings is 1. The monoisotopic (exact) mass is 447 g/mol. The molecule has 0 aliphatic heterocycles. The van der Waals surface area contributed by atoms with Crippen LogP contribution < -0.4 is 14.8 Å². The molecule has 0 saturated heterocycles. The fourth-order valence-electron chi connectivity index (χ4n) is 2.78. The molecular formula is C18H18BrN5O2S. The molecule has 0 unspecified atom stereocenters. The molecule has 0 radical (unpaired) electrons. The van der Waals surface area contributed by atoms with Crippen molar-refractivity contribution in [2.75, 3.05) is 19.5 Å². The Bertz CT molecular complexity index is 1080. The highest BCUT2D eigenvalue weighted by Gasteiger charge is 2.15. The number of aryl methyl sites for hydroxylation is 1. The van der Waals surface area contributed by atoms with Gasteiger partial charge in [-0.2, -0.15) is 0 Å². The van der Waals surface area contributed by atoms with Crippen LogP contribution in [-0.2, 0) is 0 Å². The van der Waals surface area contributed by atoms with Gasteiger partial charge >= 0.3 is 0 Å². The minimum atomic E-state index is 0. The number of thiazole rings is 1. The molecule has 0 saturated carbocycles. The van der Waals surface area contributed by atoms with Crippen molar-refractivity contribution in [1.82, 2.24) is 19.4 Å². The van der Waals surface area contributed by atoms with Gasteiger partial charge in [0.15, 0.2) is 16.6 Å². The van der Waals surface area contributed by atoms with Gasteiger partial charge < -0.3 is 14.8 Å². The summed E-state index contributed by atoms with van der Waals surface area (Å²) in [7, 11) is 3.23. The van der Waals surface area contributed by atoms with Gasteiger partial charge in [-0.05, 0) is 25.1 Å². The zero-order chi connectivity index (χ0) is 18.1. The lowest BCUT2D eigenvalue weighted by Gasteiger charge is -2.09. The molecule has 140 valence electrons. The Morgan fingerprint density at radius 1 is 1.11 bits per heavy atom. The predicted molar refractivity (Wildman–Crippen MR) is 112 cm³/mol. The summed E-state index contributed by atoms with van der Waals surface area (Å²) >= 11 is 1.53. The van der Waals surface area contributed by atoms with E-state index in [2.05, 4.69) is 15.3 Å². The standard InChI is InChI=1S/C18H17N5O2S.BrH/c1-11-16(23-8-4-7-19-17(23)20-11)13-10-26-18(22-13)21-12-5-6-14(24-2)15(9-12)25-3;/h4-10H,1-3H3,(H,21,22);1H. The van der Waals surface area contributed by atoms with Crippen LogP contribution in [0, 0.1) is 6.92 Å². The molecule has 3 heterocycles. The number of nitrogens with one attached hydrogen (secondary N) is 1. The maximum Gasteiger partial charge on any atom is 0.234 e. The summed E-state index contributed by atoms with van der Waals surface area (Å²) in [6.45, 7) is 1.96. The van der Waals surface area contributed by atoms with Crippen LogP contribution in [0.1, 0.15) is 5.69 Å². The number of methoxy groups -OCH3 is 2. The predicted octanol–water partition coefficient (Wildman–Crippen LogP) is 4.50. The van der Waals surface area contributed by atoms with Gasteiger partial charge in [0.2, 0.25) is 5.78 Å². The van der Waals surface area contributed by atoms with E-state index >= 15 is 0 Å². The number of ether oxygens (including phenoxy) is 2. The zero-order valence-electron chi connectivity index (χ0n) is 15.0. The third kappa shape index (κ3) is 3.60. The van der Waals surface area contributed by atoms with E-state index in [0.717, 1.165) is 27.9 Å². The minimum Gasteiger partial charge on any atom is -0.493 e. The molecule has 9 heteroatoms. The molecule has 0 aliphatic rings. The number of halogens is 1. The van der Waals surface area contributed by atoms with E-state index in [1.165, 1.54) is 11.3 Å². The normalized spacial score (nSPS) is 10.5. The molecule has 0 aliphatic carbocycles. The highest BCUT2D eigenvalue weighted by Crippen LogP contribution is 2.33. The Morgan fingerprint density at radius 3 is 2.70 bits per heavy atom. The highest BCUT2D eigenvalue weighted by molar-refractivity contribution is 8.93. The van der Waals surface area contributed by atoms with Crippen LogP contribution in [0.25, 0.3) is 17.2 Å². The lowest BCUT2D eigenvalue weighted by atomic mass is 10.3. The van der Waals surface area contributed by atoms with E-state index in [1.807, 2.05) is 47.2 Å². The summed E-state index contributed by atoms with van der Waals surface area (Å²) in [5.74, 6) is 2.02. The number of benzene rings is 1. The Kier molecular flexibility index (Phi) is 5.62. The number of nitrogens with zero attached hydrogens (tertiary/aromatic N) is 4. The summed E-state index contributed by atoms with van der Waals surface area (Å²) in [5.41, 5.74) is 3.58. The number of fused-ring (bicyclic) bond motifs is 1. The first-order valence-corrected chi connectivity index (χ1v) is 8.82. The van der Waals surface area contributed by atoms with Gasteiger partial charge in [-0.25, -0.2) is 15.0 Å². The lowest BCUT2D eigenvalue weighted by molar-refractivity contribution is 0.355. The topological polar surface area (TPSA) is 73.6 Å². The molecule has 3 aromatic heterocycles. The quantitative estimate of drug-likeness (QED) is 0.485. The van der Waals surface area contributed by atoms with Crippen LogP contribution in [0.4, 0.5) is 10.8 Å². The lowest BCUT2D eigenvalue weighted by Crippen LogP contribution is -1.94. The fraction of sp³-hybridized carbons (Fsp3) is 0.167. The van der Waals surface area contributed by atoms with E-state index in [4.69, 9.17) is 14.5 Å². The molecule has 27 heavy (non-hydrogen) atoms. The van der Waals surface area contributed by atoms with Gasteiger partial charge in [0.05, 0.1) is 25.6 Å². The largest absolute Gasteiger partial charge is 0.493 e. The second kappa shape index (κ2) is 7.93. The third-order valence-electron chi connectivity index (χ3n) is 3.96. The first-order chi connectivity index (χ1) is 12.7. The first kappa shape index (κ1) is 19.1. The molecule has 0 atom stereocenters. The summed E-state index contributed by atoms with van der Waals surface area (Å²) in [6.07, 6.45) is 3.68. The van der Waals surface area contributed by atoms with Crippen molar-refractivity contribution in [3.05, 3.63) is 47.7 Å². The third-order valence-corrected chi connectivity index (χ3v) is 4.72. The number of anilines is 2. The maximum atomic E-state index is 5.34. The summed E-state index contributed by atoms with van der Waals surface area (Å²) in [5, 5.41) is 6.10.